The maximum Gasteiger partial charge on any atom is 0.246 e. The van der Waals surface area contributed by atoms with Gasteiger partial charge < -0.3 is 33.7 Å². The highest BCUT2D eigenvalue weighted by Crippen LogP contribution is 2.46. The number of fused-ring (bicyclic) bond motifs is 4. The fourth-order valence-corrected chi connectivity index (χ4v) is 5.52. The molecule has 0 bridgehead atoms. The standard InChI is InChI=1S/C27H31N3O6/c1-33-11-7-10-29-15-23(31)30-20(27(29)32)14-18-17-8-5-6-9-19(17)28-24(18)25(30)16-12-21(34-2)26(36-4)22(13-16)35-3/h5-6,8-9,12-13,20,25,28H,7,10-11,14-15H2,1-4H3/t20-,25+/m1/s1. The molecular formula is C27H31N3O6. The van der Waals surface area contributed by atoms with Crippen molar-refractivity contribution in [2.75, 3.05) is 48.1 Å². The van der Waals surface area contributed by atoms with Gasteiger partial charge in [-0.15, -0.1) is 0 Å². The molecule has 0 unspecified atom stereocenters. The van der Waals surface area contributed by atoms with Gasteiger partial charge in [0, 0.05) is 43.3 Å². The largest absolute Gasteiger partial charge is 0.493 e. The van der Waals surface area contributed by atoms with Crippen molar-refractivity contribution in [1.82, 2.24) is 14.8 Å². The summed E-state index contributed by atoms with van der Waals surface area (Å²) in [4.78, 5) is 34.3. The fraction of sp³-hybridized carbons (Fsp3) is 0.407. The van der Waals surface area contributed by atoms with Gasteiger partial charge in [0.05, 0.1) is 33.9 Å². The lowest BCUT2D eigenvalue weighted by Gasteiger charge is -2.47. The van der Waals surface area contributed by atoms with Gasteiger partial charge >= 0.3 is 0 Å². The summed E-state index contributed by atoms with van der Waals surface area (Å²) in [5, 5.41) is 1.06. The van der Waals surface area contributed by atoms with Gasteiger partial charge in [0.1, 0.15) is 6.04 Å². The number of hydrogen-bond acceptors (Lipinski definition) is 6. The Bertz CT molecular complexity index is 1280. The lowest BCUT2D eigenvalue weighted by Crippen LogP contribution is -2.63. The number of nitrogens with zero attached hydrogens (tertiary/aromatic N) is 2. The SMILES string of the molecule is COCCCN1CC(=O)N2[C@@H](c3cc(OC)c(OC)c(OC)c3)c3[nH]c4ccccc4c3C[C@@H]2C1=O. The maximum absolute atomic E-state index is 13.7. The van der Waals surface area contributed by atoms with Gasteiger partial charge in [0.15, 0.2) is 11.5 Å². The molecule has 5 rings (SSSR count). The van der Waals surface area contributed by atoms with Crippen LogP contribution < -0.4 is 14.2 Å². The molecule has 2 aromatic carbocycles. The van der Waals surface area contributed by atoms with Crippen molar-refractivity contribution in [3.8, 4) is 17.2 Å². The number of carbonyl (C=O) groups is 2. The molecule has 1 fully saturated rings. The Hall–Kier alpha value is -3.72. The number of ether oxygens (including phenoxy) is 4. The number of nitrogens with one attached hydrogen (secondary N) is 1. The van der Waals surface area contributed by atoms with Crippen LogP contribution in [0.4, 0.5) is 0 Å². The van der Waals surface area contributed by atoms with Crippen LogP contribution in [0, 0.1) is 0 Å². The molecule has 9 heteroatoms. The molecule has 1 N–H and O–H groups in total. The van der Waals surface area contributed by atoms with Gasteiger partial charge in [-0.3, -0.25) is 9.59 Å². The number of amides is 2. The number of methoxy groups -OCH3 is 4. The molecule has 3 aromatic rings. The van der Waals surface area contributed by atoms with Gasteiger partial charge in [-0.2, -0.15) is 0 Å². The quantitative estimate of drug-likeness (QED) is 0.485. The van der Waals surface area contributed by atoms with Crippen molar-refractivity contribution in [3.63, 3.8) is 0 Å². The summed E-state index contributed by atoms with van der Waals surface area (Å²) in [7, 11) is 6.31. The zero-order valence-corrected chi connectivity index (χ0v) is 21.0. The second-order valence-electron chi connectivity index (χ2n) is 9.05. The first-order valence-electron chi connectivity index (χ1n) is 12.0. The number of rotatable bonds is 8. The monoisotopic (exact) mass is 493 g/mol. The van der Waals surface area contributed by atoms with Crippen LogP contribution in [0.25, 0.3) is 10.9 Å². The van der Waals surface area contributed by atoms with Crippen molar-refractivity contribution in [2.45, 2.75) is 24.9 Å². The first kappa shape index (κ1) is 24.0. The Morgan fingerprint density at radius 1 is 1.00 bits per heavy atom. The highest BCUT2D eigenvalue weighted by molar-refractivity contribution is 5.97. The molecule has 2 atom stereocenters. The maximum atomic E-state index is 13.7. The van der Waals surface area contributed by atoms with Crippen LogP contribution in [0.2, 0.25) is 0 Å². The minimum Gasteiger partial charge on any atom is -0.493 e. The van der Waals surface area contributed by atoms with E-state index in [0.717, 1.165) is 27.7 Å². The van der Waals surface area contributed by atoms with E-state index in [1.165, 1.54) is 0 Å². The Morgan fingerprint density at radius 3 is 2.39 bits per heavy atom. The summed E-state index contributed by atoms with van der Waals surface area (Å²) in [6.45, 7) is 1.06. The smallest absolute Gasteiger partial charge is 0.246 e. The number of benzene rings is 2. The first-order chi connectivity index (χ1) is 17.5. The van der Waals surface area contributed by atoms with Gasteiger partial charge in [-0.25, -0.2) is 0 Å². The second kappa shape index (κ2) is 9.73. The molecule has 190 valence electrons. The van der Waals surface area contributed by atoms with Crippen LogP contribution in [0.5, 0.6) is 17.2 Å². The molecule has 0 aliphatic carbocycles. The van der Waals surface area contributed by atoms with Crippen LogP contribution in [-0.4, -0.2) is 80.8 Å². The van der Waals surface area contributed by atoms with Crippen LogP contribution in [0.1, 0.15) is 29.3 Å². The van der Waals surface area contributed by atoms with E-state index < -0.39 is 12.1 Å². The Kier molecular flexibility index (Phi) is 6.49. The third-order valence-corrected chi connectivity index (χ3v) is 7.12. The Morgan fingerprint density at radius 2 is 1.72 bits per heavy atom. The van der Waals surface area contributed by atoms with Gasteiger partial charge in [-0.05, 0) is 35.7 Å². The zero-order chi connectivity index (χ0) is 25.4. The van der Waals surface area contributed by atoms with Crippen LogP contribution in [0.15, 0.2) is 36.4 Å². The van der Waals surface area contributed by atoms with E-state index in [2.05, 4.69) is 11.1 Å². The predicted molar refractivity (Wildman–Crippen MR) is 134 cm³/mol. The number of aromatic amines is 1. The average molecular weight is 494 g/mol. The highest BCUT2D eigenvalue weighted by Gasteiger charge is 2.48. The number of piperazine rings is 1. The molecule has 2 amide bonds. The molecule has 0 spiro atoms. The van der Waals surface area contributed by atoms with Crippen LogP contribution in [-0.2, 0) is 20.7 Å². The lowest BCUT2D eigenvalue weighted by molar-refractivity contribution is -0.158. The van der Waals surface area contributed by atoms with Crippen molar-refractivity contribution >= 4 is 22.7 Å². The highest BCUT2D eigenvalue weighted by atomic mass is 16.5. The van der Waals surface area contributed by atoms with Crippen molar-refractivity contribution in [3.05, 3.63) is 53.2 Å². The third kappa shape index (κ3) is 3.83. The summed E-state index contributed by atoms with van der Waals surface area (Å²) in [6.07, 6.45) is 1.13. The van der Waals surface area contributed by atoms with E-state index in [1.807, 2.05) is 30.3 Å². The fourth-order valence-electron chi connectivity index (χ4n) is 5.52. The molecule has 3 heterocycles. The van der Waals surface area contributed by atoms with E-state index in [-0.39, 0.29) is 18.4 Å². The van der Waals surface area contributed by atoms with E-state index in [0.29, 0.717) is 43.2 Å². The van der Waals surface area contributed by atoms with Crippen molar-refractivity contribution < 1.29 is 28.5 Å². The number of aromatic nitrogens is 1. The van der Waals surface area contributed by atoms with Gasteiger partial charge in [0.25, 0.3) is 0 Å². The number of hydrogen-bond donors (Lipinski definition) is 1. The van der Waals surface area contributed by atoms with Gasteiger partial charge in [0.2, 0.25) is 17.6 Å². The molecule has 1 aromatic heterocycles. The predicted octanol–water partition coefficient (Wildman–Crippen LogP) is 2.92. The van der Waals surface area contributed by atoms with Crippen LogP contribution in [0.3, 0.4) is 0 Å². The van der Waals surface area contributed by atoms with Crippen molar-refractivity contribution in [2.24, 2.45) is 0 Å². The number of H-pyrrole nitrogens is 1. The molecule has 0 saturated carbocycles. The van der Waals surface area contributed by atoms with E-state index >= 15 is 0 Å². The Labute approximate surface area is 209 Å². The second-order valence-corrected chi connectivity index (χ2v) is 9.05. The van der Waals surface area contributed by atoms with E-state index in [9.17, 15) is 9.59 Å². The lowest BCUT2D eigenvalue weighted by atomic mass is 9.86. The normalized spacial score (nSPS) is 19.3. The topological polar surface area (TPSA) is 93.3 Å². The summed E-state index contributed by atoms with van der Waals surface area (Å²) < 4.78 is 21.9. The van der Waals surface area contributed by atoms with E-state index in [4.69, 9.17) is 18.9 Å². The minimum atomic E-state index is -0.607. The molecule has 1 saturated heterocycles. The van der Waals surface area contributed by atoms with E-state index in [1.54, 1.807) is 38.2 Å². The summed E-state index contributed by atoms with van der Waals surface area (Å²) in [5.74, 6) is 1.31. The number of carbonyl (C=O) groups excluding carboxylic acids is 2. The molecular weight excluding hydrogens is 462 g/mol. The zero-order valence-electron chi connectivity index (χ0n) is 21.0. The summed E-state index contributed by atoms with van der Waals surface area (Å²) in [5.41, 5.74) is 3.69. The molecule has 36 heavy (non-hydrogen) atoms. The average Bonchev–Trinajstić information content (AvgIpc) is 3.27. The van der Waals surface area contributed by atoms with Gasteiger partial charge in [-0.1, -0.05) is 18.2 Å². The molecule has 2 aliphatic heterocycles. The molecule has 9 nitrogen and oxygen atoms in total. The minimum absolute atomic E-state index is 0.0372. The molecule has 2 aliphatic rings. The Balaban J connectivity index is 1.67. The first-order valence-corrected chi connectivity index (χ1v) is 12.0. The third-order valence-electron chi connectivity index (χ3n) is 7.12. The summed E-state index contributed by atoms with van der Waals surface area (Å²) >= 11 is 0. The molecule has 0 radical (unpaired) electrons. The van der Waals surface area contributed by atoms with Crippen LogP contribution >= 0.6 is 0 Å². The number of para-hydroxylation sites is 1. The van der Waals surface area contributed by atoms with Crippen molar-refractivity contribution in [1.29, 1.82) is 0 Å². The summed E-state index contributed by atoms with van der Waals surface area (Å²) in [6, 6.07) is 10.6.